The summed E-state index contributed by atoms with van der Waals surface area (Å²) >= 11 is 0. The fraction of sp³-hybridized carbons (Fsp3) is 0.700. The SMILES string of the molecule is CC(C)(C)OC(=O)N1CC(n2ncc(N)n2)C1.Cl. The molecule has 0 saturated carbocycles. The summed E-state index contributed by atoms with van der Waals surface area (Å²) in [4.78, 5) is 14.8. The van der Waals surface area contributed by atoms with Crippen LogP contribution in [0.15, 0.2) is 6.20 Å². The van der Waals surface area contributed by atoms with E-state index in [9.17, 15) is 4.79 Å². The van der Waals surface area contributed by atoms with Crippen molar-refractivity contribution in [3.05, 3.63) is 6.20 Å². The first-order valence-corrected chi connectivity index (χ1v) is 5.50. The summed E-state index contributed by atoms with van der Waals surface area (Å²) in [5.41, 5.74) is 5.01. The van der Waals surface area contributed by atoms with Crippen LogP contribution in [0.1, 0.15) is 26.8 Å². The number of nitrogens with zero attached hydrogens (tertiary/aromatic N) is 4. The molecule has 2 rings (SSSR count). The molecule has 102 valence electrons. The van der Waals surface area contributed by atoms with Crippen molar-refractivity contribution in [2.45, 2.75) is 32.4 Å². The predicted octanol–water partition coefficient (Wildman–Crippen LogP) is 1.07. The zero-order valence-electron chi connectivity index (χ0n) is 10.7. The van der Waals surface area contributed by atoms with Gasteiger partial charge in [0, 0.05) is 0 Å². The Morgan fingerprint density at radius 2 is 2.11 bits per heavy atom. The second-order valence-electron chi connectivity index (χ2n) is 5.13. The highest BCUT2D eigenvalue weighted by atomic mass is 35.5. The molecule has 1 amide bonds. The van der Waals surface area contributed by atoms with Crippen molar-refractivity contribution in [1.29, 1.82) is 0 Å². The first-order chi connectivity index (χ1) is 7.85. The molecule has 0 aliphatic carbocycles. The van der Waals surface area contributed by atoms with E-state index in [1.54, 1.807) is 4.90 Å². The number of likely N-dealkylation sites (tertiary alicyclic amines) is 1. The Hall–Kier alpha value is -1.50. The maximum Gasteiger partial charge on any atom is 0.410 e. The fourth-order valence-corrected chi connectivity index (χ4v) is 1.54. The van der Waals surface area contributed by atoms with E-state index in [4.69, 9.17) is 10.5 Å². The standard InChI is InChI=1S/C10H17N5O2.ClH/c1-10(2,3)17-9(16)14-5-7(6-14)15-12-4-8(11)13-15;/h4,7H,5-6H2,1-3H3,(H2,11,13);1H. The molecule has 1 aliphatic heterocycles. The van der Waals surface area contributed by atoms with Gasteiger partial charge in [0.2, 0.25) is 0 Å². The topological polar surface area (TPSA) is 86.3 Å². The van der Waals surface area contributed by atoms with E-state index in [0.717, 1.165) is 0 Å². The maximum absolute atomic E-state index is 11.7. The maximum atomic E-state index is 11.7. The van der Waals surface area contributed by atoms with Crippen LogP contribution in [-0.2, 0) is 4.74 Å². The number of carbonyl (C=O) groups is 1. The van der Waals surface area contributed by atoms with Crippen molar-refractivity contribution in [3.8, 4) is 0 Å². The third-order valence-corrected chi connectivity index (χ3v) is 2.37. The minimum Gasteiger partial charge on any atom is -0.444 e. The molecule has 0 spiro atoms. The highest BCUT2D eigenvalue weighted by Gasteiger charge is 2.35. The van der Waals surface area contributed by atoms with Gasteiger partial charge in [-0.1, -0.05) is 0 Å². The van der Waals surface area contributed by atoms with Gasteiger partial charge in [-0.3, -0.25) is 0 Å². The Morgan fingerprint density at radius 1 is 1.50 bits per heavy atom. The van der Waals surface area contributed by atoms with E-state index >= 15 is 0 Å². The van der Waals surface area contributed by atoms with E-state index in [1.807, 2.05) is 20.8 Å². The van der Waals surface area contributed by atoms with Crippen molar-refractivity contribution in [2.75, 3.05) is 18.8 Å². The number of amides is 1. The molecule has 0 unspecified atom stereocenters. The minimum absolute atomic E-state index is 0. The molecular weight excluding hydrogens is 258 g/mol. The van der Waals surface area contributed by atoms with Gasteiger partial charge >= 0.3 is 6.09 Å². The number of nitrogen functional groups attached to an aromatic ring is 1. The lowest BCUT2D eigenvalue weighted by Crippen LogP contribution is -2.52. The van der Waals surface area contributed by atoms with Crippen LogP contribution >= 0.6 is 12.4 Å². The molecule has 2 heterocycles. The zero-order valence-corrected chi connectivity index (χ0v) is 11.5. The third-order valence-electron chi connectivity index (χ3n) is 2.37. The van der Waals surface area contributed by atoms with Gasteiger partial charge in [-0.25, -0.2) is 4.79 Å². The number of anilines is 1. The Balaban J connectivity index is 0.00000162. The Bertz CT molecular complexity index is 422. The zero-order chi connectivity index (χ0) is 12.6. The van der Waals surface area contributed by atoms with Crippen LogP contribution in [0, 0.1) is 0 Å². The number of carbonyl (C=O) groups excluding carboxylic acids is 1. The average Bonchev–Trinajstić information content (AvgIpc) is 2.45. The van der Waals surface area contributed by atoms with Crippen LogP contribution in [0.5, 0.6) is 0 Å². The molecule has 0 atom stereocenters. The summed E-state index contributed by atoms with van der Waals surface area (Å²) in [6, 6.07) is 0.0971. The summed E-state index contributed by atoms with van der Waals surface area (Å²) in [6.45, 7) is 6.65. The highest BCUT2D eigenvalue weighted by Crippen LogP contribution is 2.22. The number of aromatic nitrogens is 3. The van der Waals surface area contributed by atoms with E-state index in [2.05, 4.69) is 10.2 Å². The van der Waals surface area contributed by atoms with Crippen LogP contribution in [0.2, 0.25) is 0 Å². The van der Waals surface area contributed by atoms with Crippen molar-refractivity contribution >= 4 is 24.3 Å². The molecule has 0 bridgehead atoms. The first-order valence-electron chi connectivity index (χ1n) is 5.50. The second kappa shape index (κ2) is 5.01. The van der Waals surface area contributed by atoms with Crippen LogP contribution < -0.4 is 5.73 Å². The molecule has 0 aromatic carbocycles. The predicted molar refractivity (Wildman–Crippen MR) is 68.5 cm³/mol. The van der Waals surface area contributed by atoms with Crippen LogP contribution in [0.4, 0.5) is 10.6 Å². The Morgan fingerprint density at radius 3 is 2.56 bits per heavy atom. The smallest absolute Gasteiger partial charge is 0.410 e. The highest BCUT2D eigenvalue weighted by molar-refractivity contribution is 5.85. The third kappa shape index (κ3) is 3.25. The summed E-state index contributed by atoms with van der Waals surface area (Å²) in [6.07, 6.45) is 1.20. The molecule has 1 aromatic heterocycles. The molecular formula is C10H18ClN5O2. The molecule has 2 N–H and O–H groups in total. The Kier molecular flexibility index (Phi) is 4.05. The quantitative estimate of drug-likeness (QED) is 0.829. The molecule has 1 aliphatic rings. The number of ether oxygens (including phenoxy) is 1. The van der Waals surface area contributed by atoms with E-state index < -0.39 is 5.60 Å². The average molecular weight is 276 g/mol. The van der Waals surface area contributed by atoms with Gasteiger partial charge in [-0.05, 0) is 20.8 Å². The van der Waals surface area contributed by atoms with Gasteiger partial charge in [0.1, 0.15) is 11.6 Å². The fourth-order valence-electron chi connectivity index (χ4n) is 1.54. The first kappa shape index (κ1) is 14.6. The summed E-state index contributed by atoms with van der Waals surface area (Å²) in [5, 5.41) is 8.01. The summed E-state index contributed by atoms with van der Waals surface area (Å²) in [5.74, 6) is 0.390. The molecule has 1 aromatic rings. The molecule has 1 fully saturated rings. The number of rotatable bonds is 1. The van der Waals surface area contributed by atoms with E-state index in [-0.39, 0.29) is 24.5 Å². The van der Waals surface area contributed by atoms with Gasteiger partial charge < -0.3 is 15.4 Å². The molecule has 8 heteroatoms. The number of hydrogen-bond acceptors (Lipinski definition) is 5. The minimum atomic E-state index is -0.462. The monoisotopic (exact) mass is 275 g/mol. The van der Waals surface area contributed by atoms with E-state index in [0.29, 0.717) is 18.9 Å². The lowest BCUT2D eigenvalue weighted by molar-refractivity contribution is -0.00219. The lowest BCUT2D eigenvalue weighted by atomic mass is 10.1. The molecule has 1 saturated heterocycles. The van der Waals surface area contributed by atoms with Crippen molar-refractivity contribution in [1.82, 2.24) is 19.9 Å². The normalized spacial score (nSPS) is 15.8. The van der Waals surface area contributed by atoms with Crippen LogP contribution in [0.25, 0.3) is 0 Å². The van der Waals surface area contributed by atoms with Gasteiger partial charge in [-0.2, -0.15) is 9.90 Å². The van der Waals surface area contributed by atoms with Crippen LogP contribution in [-0.4, -0.2) is 44.7 Å². The summed E-state index contributed by atoms with van der Waals surface area (Å²) < 4.78 is 5.24. The largest absolute Gasteiger partial charge is 0.444 e. The van der Waals surface area contributed by atoms with Crippen molar-refractivity contribution in [3.63, 3.8) is 0 Å². The number of nitrogens with two attached hydrogens (primary N) is 1. The van der Waals surface area contributed by atoms with Gasteiger partial charge in [0.25, 0.3) is 0 Å². The Labute approximate surface area is 112 Å². The number of halogens is 1. The van der Waals surface area contributed by atoms with Gasteiger partial charge in [0.05, 0.1) is 19.3 Å². The second-order valence-corrected chi connectivity index (χ2v) is 5.13. The molecule has 0 radical (unpaired) electrons. The van der Waals surface area contributed by atoms with Gasteiger partial charge in [0.15, 0.2) is 5.82 Å². The lowest BCUT2D eigenvalue weighted by Gasteiger charge is -2.38. The van der Waals surface area contributed by atoms with Crippen LogP contribution in [0.3, 0.4) is 0 Å². The van der Waals surface area contributed by atoms with Crippen molar-refractivity contribution < 1.29 is 9.53 Å². The summed E-state index contributed by atoms with van der Waals surface area (Å²) in [7, 11) is 0. The molecule has 18 heavy (non-hydrogen) atoms. The van der Waals surface area contributed by atoms with E-state index in [1.165, 1.54) is 11.0 Å². The van der Waals surface area contributed by atoms with Crippen molar-refractivity contribution in [2.24, 2.45) is 0 Å². The van der Waals surface area contributed by atoms with Gasteiger partial charge in [-0.15, -0.1) is 17.5 Å². The molecule has 7 nitrogen and oxygen atoms in total. The number of hydrogen-bond donors (Lipinski definition) is 1.